The highest BCUT2D eigenvalue weighted by atomic mass is 16.2. The fourth-order valence-electron chi connectivity index (χ4n) is 2.95. The smallest absolute Gasteiger partial charge is 0.317 e. The first-order chi connectivity index (χ1) is 8.22. The van der Waals surface area contributed by atoms with E-state index in [2.05, 4.69) is 5.32 Å². The van der Waals surface area contributed by atoms with Crippen LogP contribution in [0.5, 0.6) is 0 Å². The Morgan fingerprint density at radius 2 is 1.94 bits per heavy atom. The van der Waals surface area contributed by atoms with Crippen molar-refractivity contribution >= 4 is 6.03 Å². The number of urea groups is 1. The molecule has 2 rings (SSSR count). The molecule has 2 aliphatic rings. The van der Waals surface area contributed by atoms with E-state index in [1.54, 1.807) is 0 Å². The van der Waals surface area contributed by atoms with Crippen LogP contribution in [0.15, 0.2) is 0 Å². The van der Waals surface area contributed by atoms with Crippen LogP contribution in [0.25, 0.3) is 0 Å². The van der Waals surface area contributed by atoms with Crippen molar-refractivity contribution in [2.75, 3.05) is 13.6 Å². The van der Waals surface area contributed by atoms with Crippen LogP contribution in [-0.4, -0.2) is 36.6 Å². The third-order valence-corrected chi connectivity index (χ3v) is 4.42. The Morgan fingerprint density at radius 1 is 1.24 bits per heavy atom. The van der Waals surface area contributed by atoms with Gasteiger partial charge in [0.2, 0.25) is 0 Å². The standard InChI is InChI=1S/C13H25N3O/c1-16(13(17)15-11-6-4-7-11)12-8-3-2-5-10(12)9-14/h10-12H,2-9,14H2,1H3,(H,15,17). The highest BCUT2D eigenvalue weighted by molar-refractivity contribution is 5.74. The van der Waals surface area contributed by atoms with Crippen molar-refractivity contribution in [1.29, 1.82) is 0 Å². The van der Waals surface area contributed by atoms with E-state index < -0.39 is 0 Å². The van der Waals surface area contributed by atoms with Crippen LogP contribution in [-0.2, 0) is 0 Å². The third-order valence-electron chi connectivity index (χ3n) is 4.42. The number of nitrogens with one attached hydrogen (secondary N) is 1. The molecule has 0 bridgehead atoms. The van der Waals surface area contributed by atoms with Crippen molar-refractivity contribution in [1.82, 2.24) is 10.2 Å². The number of amides is 2. The Morgan fingerprint density at radius 3 is 2.53 bits per heavy atom. The van der Waals surface area contributed by atoms with Crippen molar-refractivity contribution in [2.45, 2.75) is 57.0 Å². The fraction of sp³-hybridized carbons (Fsp3) is 0.923. The van der Waals surface area contributed by atoms with Gasteiger partial charge in [-0.3, -0.25) is 0 Å². The largest absolute Gasteiger partial charge is 0.335 e. The molecular formula is C13H25N3O. The summed E-state index contributed by atoms with van der Waals surface area (Å²) < 4.78 is 0. The number of rotatable bonds is 3. The van der Waals surface area contributed by atoms with E-state index in [4.69, 9.17) is 5.73 Å². The molecule has 0 heterocycles. The molecule has 0 aromatic carbocycles. The van der Waals surface area contributed by atoms with Crippen LogP contribution >= 0.6 is 0 Å². The zero-order valence-electron chi connectivity index (χ0n) is 10.8. The van der Waals surface area contributed by atoms with Gasteiger partial charge in [-0.15, -0.1) is 0 Å². The minimum atomic E-state index is 0.0973. The molecular weight excluding hydrogens is 214 g/mol. The van der Waals surface area contributed by atoms with Gasteiger partial charge >= 0.3 is 6.03 Å². The SMILES string of the molecule is CN(C(=O)NC1CCC1)C1CCCCC1CN. The molecule has 0 spiro atoms. The van der Waals surface area contributed by atoms with Crippen molar-refractivity contribution in [3.05, 3.63) is 0 Å². The molecule has 2 fully saturated rings. The van der Waals surface area contributed by atoms with E-state index in [9.17, 15) is 4.79 Å². The lowest BCUT2D eigenvalue weighted by Gasteiger charge is -2.39. The van der Waals surface area contributed by atoms with E-state index >= 15 is 0 Å². The molecule has 2 atom stereocenters. The molecule has 0 radical (unpaired) electrons. The highest BCUT2D eigenvalue weighted by Crippen LogP contribution is 2.27. The predicted molar refractivity (Wildman–Crippen MR) is 68.7 cm³/mol. The Kier molecular flexibility index (Phi) is 4.26. The van der Waals surface area contributed by atoms with Crippen LogP contribution in [0.4, 0.5) is 4.79 Å². The Labute approximate surface area is 104 Å². The van der Waals surface area contributed by atoms with E-state index in [1.807, 2.05) is 11.9 Å². The van der Waals surface area contributed by atoms with E-state index in [0.717, 1.165) is 19.3 Å². The molecule has 2 amide bonds. The molecule has 0 aliphatic heterocycles. The fourth-order valence-corrected chi connectivity index (χ4v) is 2.95. The van der Waals surface area contributed by atoms with Gasteiger partial charge in [0.1, 0.15) is 0 Å². The molecule has 4 heteroatoms. The summed E-state index contributed by atoms with van der Waals surface area (Å²) in [6.45, 7) is 0.700. The van der Waals surface area contributed by atoms with Crippen molar-refractivity contribution in [2.24, 2.45) is 11.7 Å². The molecule has 98 valence electrons. The Hall–Kier alpha value is -0.770. The average molecular weight is 239 g/mol. The maximum Gasteiger partial charge on any atom is 0.317 e. The van der Waals surface area contributed by atoms with Crippen LogP contribution in [0.1, 0.15) is 44.9 Å². The maximum atomic E-state index is 12.1. The zero-order chi connectivity index (χ0) is 12.3. The molecule has 0 aromatic heterocycles. The molecule has 17 heavy (non-hydrogen) atoms. The average Bonchev–Trinajstić information content (AvgIpc) is 2.32. The number of hydrogen-bond acceptors (Lipinski definition) is 2. The number of hydrogen-bond donors (Lipinski definition) is 2. The number of carbonyl (C=O) groups is 1. The van der Waals surface area contributed by atoms with Crippen LogP contribution in [0.2, 0.25) is 0 Å². The zero-order valence-corrected chi connectivity index (χ0v) is 10.8. The summed E-state index contributed by atoms with van der Waals surface area (Å²) in [4.78, 5) is 14.0. The molecule has 0 saturated heterocycles. The van der Waals surface area contributed by atoms with Gasteiger partial charge in [0.25, 0.3) is 0 Å². The quantitative estimate of drug-likeness (QED) is 0.787. The van der Waals surface area contributed by atoms with Crippen LogP contribution < -0.4 is 11.1 Å². The summed E-state index contributed by atoms with van der Waals surface area (Å²) in [6, 6.07) is 0.860. The molecule has 2 unspecified atom stereocenters. The number of carbonyl (C=O) groups excluding carboxylic acids is 1. The minimum absolute atomic E-state index is 0.0973. The summed E-state index contributed by atoms with van der Waals surface area (Å²) in [5, 5.41) is 3.10. The van der Waals surface area contributed by atoms with Gasteiger partial charge in [0.05, 0.1) is 0 Å². The van der Waals surface area contributed by atoms with E-state index in [-0.39, 0.29) is 6.03 Å². The Balaban J connectivity index is 1.87. The second-order valence-electron chi connectivity index (χ2n) is 5.54. The van der Waals surface area contributed by atoms with Gasteiger partial charge < -0.3 is 16.0 Å². The first kappa shape index (κ1) is 12.7. The summed E-state index contributed by atoms with van der Waals surface area (Å²) >= 11 is 0. The summed E-state index contributed by atoms with van der Waals surface area (Å²) in [5.41, 5.74) is 5.81. The lowest BCUT2D eigenvalue weighted by Crippen LogP contribution is -2.52. The molecule has 0 aromatic rings. The predicted octanol–water partition coefficient (Wildman–Crippen LogP) is 1.70. The maximum absolute atomic E-state index is 12.1. The van der Waals surface area contributed by atoms with Gasteiger partial charge in [0, 0.05) is 19.1 Å². The van der Waals surface area contributed by atoms with Crippen LogP contribution in [0, 0.1) is 5.92 Å². The van der Waals surface area contributed by atoms with E-state index in [0.29, 0.717) is 24.5 Å². The lowest BCUT2D eigenvalue weighted by atomic mass is 9.84. The molecule has 3 N–H and O–H groups in total. The second kappa shape index (κ2) is 5.71. The minimum Gasteiger partial charge on any atom is -0.335 e. The molecule has 2 aliphatic carbocycles. The van der Waals surface area contributed by atoms with Crippen molar-refractivity contribution in [3.63, 3.8) is 0 Å². The lowest BCUT2D eigenvalue weighted by molar-refractivity contribution is 0.135. The first-order valence-corrected chi connectivity index (χ1v) is 6.95. The molecule has 4 nitrogen and oxygen atoms in total. The normalized spacial score (nSPS) is 29.5. The van der Waals surface area contributed by atoms with Crippen molar-refractivity contribution < 1.29 is 4.79 Å². The second-order valence-corrected chi connectivity index (χ2v) is 5.54. The summed E-state index contributed by atoms with van der Waals surface area (Å²) in [5.74, 6) is 0.487. The highest BCUT2D eigenvalue weighted by Gasteiger charge is 2.31. The summed E-state index contributed by atoms with van der Waals surface area (Å²) in [7, 11) is 1.92. The van der Waals surface area contributed by atoms with Gasteiger partial charge in [0.15, 0.2) is 0 Å². The van der Waals surface area contributed by atoms with Gasteiger partial charge in [-0.2, -0.15) is 0 Å². The number of nitrogens with zero attached hydrogens (tertiary/aromatic N) is 1. The first-order valence-electron chi connectivity index (χ1n) is 6.95. The van der Waals surface area contributed by atoms with Gasteiger partial charge in [-0.05, 0) is 44.6 Å². The number of nitrogens with two attached hydrogens (primary N) is 1. The molecule has 2 saturated carbocycles. The van der Waals surface area contributed by atoms with Crippen LogP contribution in [0.3, 0.4) is 0 Å². The monoisotopic (exact) mass is 239 g/mol. The van der Waals surface area contributed by atoms with Crippen molar-refractivity contribution in [3.8, 4) is 0 Å². The van der Waals surface area contributed by atoms with Gasteiger partial charge in [-0.1, -0.05) is 12.8 Å². The third kappa shape index (κ3) is 2.92. The topological polar surface area (TPSA) is 58.4 Å². The Bertz CT molecular complexity index is 265. The van der Waals surface area contributed by atoms with E-state index in [1.165, 1.54) is 25.7 Å². The summed E-state index contributed by atoms with van der Waals surface area (Å²) in [6.07, 6.45) is 8.30. The van der Waals surface area contributed by atoms with Gasteiger partial charge in [-0.25, -0.2) is 4.79 Å².